The standard InChI is InChI=1S/C14H24O3/c1-10(2)13(15)17-9-16-12-6-7-14(4,5)8-11(12)3/h11-12H,1,6-9H2,2-5H3. The van der Waals surface area contributed by atoms with Gasteiger partial charge in [-0.25, -0.2) is 4.79 Å². The summed E-state index contributed by atoms with van der Waals surface area (Å²) in [6.07, 6.45) is 3.57. The maximum Gasteiger partial charge on any atom is 0.335 e. The average molecular weight is 240 g/mol. The van der Waals surface area contributed by atoms with E-state index in [2.05, 4.69) is 27.4 Å². The summed E-state index contributed by atoms with van der Waals surface area (Å²) in [5, 5.41) is 0. The molecule has 0 aromatic rings. The molecule has 0 aromatic carbocycles. The van der Waals surface area contributed by atoms with Gasteiger partial charge in [-0.05, 0) is 37.5 Å². The fourth-order valence-electron chi connectivity index (χ4n) is 2.47. The van der Waals surface area contributed by atoms with Gasteiger partial charge in [0.1, 0.15) is 0 Å². The van der Waals surface area contributed by atoms with E-state index >= 15 is 0 Å². The Kier molecular flexibility index (Phi) is 4.75. The summed E-state index contributed by atoms with van der Waals surface area (Å²) in [6.45, 7) is 12.0. The number of ether oxygens (including phenoxy) is 2. The lowest BCUT2D eigenvalue weighted by Gasteiger charge is -2.38. The number of esters is 1. The maximum atomic E-state index is 11.2. The average Bonchev–Trinajstić information content (AvgIpc) is 2.20. The van der Waals surface area contributed by atoms with E-state index in [9.17, 15) is 4.79 Å². The Bertz CT molecular complexity index is 294. The van der Waals surface area contributed by atoms with E-state index in [1.54, 1.807) is 6.92 Å². The molecular formula is C14H24O3. The zero-order valence-electron chi connectivity index (χ0n) is 11.4. The molecule has 1 rings (SSSR count). The molecule has 0 aliphatic heterocycles. The van der Waals surface area contributed by atoms with Gasteiger partial charge in [0.25, 0.3) is 0 Å². The zero-order chi connectivity index (χ0) is 13.1. The molecule has 1 aliphatic carbocycles. The second-order valence-corrected chi connectivity index (χ2v) is 5.92. The Morgan fingerprint density at radius 1 is 1.47 bits per heavy atom. The van der Waals surface area contributed by atoms with Gasteiger partial charge in [-0.1, -0.05) is 27.4 Å². The molecule has 2 unspecified atom stereocenters. The molecule has 0 N–H and O–H groups in total. The summed E-state index contributed by atoms with van der Waals surface area (Å²) in [6, 6.07) is 0. The van der Waals surface area contributed by atoms with Crippen LogP contribution in [-0.2, 0) is 14.3 Å². The molecule has 2 atom stereocenters. The van der Waals surface area contributed by atoms with Crippen LogP contribution in [0.25, 0.3) is 0 Å². The van der Waals surface area contributed by atoms with Crippen molar-refractivity contribution in [2.75, 3.05) is 6.79 Å². The fourth-order valence-corrected chi connectivity index (χ4v) is 2.47. The number of hydrogen-bond donors (Lipinski definition) is 0. The van der Waals surface area contributed by atoms with Crippen molar-refractivity contribution in [1.82, 2.24) is 0 Å². The van der Waals surface area contributed by atoms with Crippen molar-refractivity contribution < 1.29 is 14.3 Å². The van der Waals surface area contributed by atoms with E-state index in [-0.39, 0.29) is 18.9 Å². The van der Waals surface area contributed by atoms with Crippen molar-refractivity contribution >= 4 is 5.97 Å². The monoisotopic (exact) mass is 240 g/mol. The first kappa shape index (κ1) is 14.2. The highest BCUT2D eigenvalue weighted by Crippen LogP contribution is 2.39. The Labute approximate surface area is 104 Å². The Balaban J connectivity index is 2.29. The Hall–Kier alpha value is -0.830. The minimum Gasteiger partial charge on any atom is -0.435 e. The third-order valence-electron chi connectivity index (χ3n) is 3.44. The Morgan fingerprint density at radius 3 is 2.65 bits per heavy atom. The summed E-state index contributed by atoms with van der Waals surface area (Å²) in [5.74, 6) is 0.135. The van der Waals surface area contributed by atoms with Crippen LogP contribution in [0.2, 0.25) is 0 Å². The molecular weight excluding hydrogens is 216 g/mol. The highest BCUT2D eigenvalue weighted by Gasteiger charge is 2.32. The summed E-state index contributed by atoms with van der Waals surface area (Å²) in [4.78, 5) is 11.2. The lowest BCUT2D eigenvalue weighted by molar-refractivity contribution is -0.162. The van der Waals surface area contributed by atoms with Crippen LogP contribution < -0.4 is 0 Å². The van der Waals surface area contributed by atoms with Crippen LogP contribution in [0.5, 0.6) is 0 Å². The van der Waals surface area contributed by atoms with Gasteiger partial charge in [0, 0.05) is 5.57 Å². The van der Waals surface area contributed by atoms with Crippen LogP contribution in [0.3, 0.4) is 0 Å². The lowest BCUT2D eigenvalue weighted by atomic mass is 9.71. The van der Waals surface area contributed by atoms with Crippen LogP contribution in [0.1, 0.15) is 47.0 Å². The van der Waals surface area contributed by atoms with E-state index in [0.717, 1.165) is 19.3 Å². The van der Waals surface area contributed by atoms with Crippen LogP contribution in [0, 0.1) is 11.3 Å². The quantitative estimate of drug-likeness (QED) is 0.430. The number of rotatable bonds is 4. The summed E-state index contributed by atoms with van der Waals surface area (Å²) < 4.78 is 10.6. The van der Waals surface area contributed by atoms with Crippen molar-refractivity contribution in [1.29, 1.82) is 0 Å². The molecule has 0 aromatic heterocycles. The minimum absolute atomic E-state index is 0.0428. The molecule has 0 radical (unpaired) electrons. The third-order valence-corrected chi connectivity index (χ3v) is 3.44. The first-order valence-electron chi connectivity index (χ1n) is 6.26. The fraction of sp³-hybridized carbons (Fsp3) is 0.786. The van der Waals surface area contributed by atoms with Crippen LogP contribution in [0.4, 0.5) is 0 Å². The third kappa shape index (κ3) is 4.50. The van der Waals surface area contributed by atoms with Gasteiger partial charge in [-0.2, -0.15) is 0 Å². The van der Waals surface area contributed by atoms with Gasteiger partial charge in [0.15, 0.2) is 6.79 Å². The van der Waals surface area contributed by atoms with Crippen molar-refractivity contribution in [2.45, 2.75) is 53.1 Å². The van der Waals surface area contributed by atoms with Gasteiger partial charge >= 0.3 is 5.97 Å². The molecule has 0 heterocycles. The topological polar surface area (TPSA) is 35.5 Å². The highest BCUT2D eigenvalue weighted by molar-refractivity contribution is 5.86. The van der Waals surface area contributed by atoms with E-state index in [4.69, 9.17) is 9.47 Å². The highest BCUT2D eigenvalue weighted by atomic mass is 16.7. The van der Waals surface area contributed by atoms with Gasteiger partial charge in [0.2, 0.25) is 0 Å². The zero-order valence-corrected chi connectivity index (χ0v) is 11.4. The van der Waals surface area contributed by atoms with Gasteiger partial charge in [0.05, 0.1) is 6.10 Å². The second-order valence-electron chi connectivity index (χ2n) is 5.92. The van der Waals surface area contributed by atoms with E-state index in [1.165, 1.54) is 0 Å². The molecule has 1 fully saturated rings. The number of carbonyl (C=O) groups is 1. The van der Waals surface area contributed by atoms with Crippen LogP contribution >= 0.6 is 0 Å². The predicted octanol–water partition coefficient (Wildman–Crippen LogP) is 3.29. The molecule has 1 saturated carbocycles. The molecule has 17 heavy (non-hydrogen) atoms. The van der Waals surface area contributed by atoms with Crippen molar-refractivity contribution in [2.24, 2.45) is 11.3 Å². The summed E-state index contributed by atoms with van der Waals surface area (Å²) >= 11 is 0. The van der Waals surface area contributed by atoms with Gasteiger partial charge < -0.3 is 9.47 Å². The molecule has 0 amide bonds. The lowest BCUT2D eigenvalue weighted by Crippen LogP contribution is -2.34. The molecule has 1 aliphatic rings. The Morgan fingerprint density at radius 2 is 2.12 bits per heavy atom. The van der Waals surface area contributed by atoms with Crippen molar-refractivity contribution in [3.63, 3.8) is 0 Å². The van der Waals surface area contributed by atoms with Crippen LogP contribution in [-0.4, -0.2) is 18.9 Å². The van der Waals surface area contributed by atoms with Gasteiger partial charge in [-0.3, -0.25) is 0 Å². The minimum atomic E-state index is -0.381. The summed E-state index contributed by atoms with van der Waals surface area (Å²) in [7, 11) is 0. The van der Waals surface area contributed by atoms with Gasteiger partial charge in [-0.15, -0.1) is 0 Å². The molecule has 0 saturated heterocycles. The largest absolute Gasteiger partial charge is 0.435 e. The number of hydrogen-bond acceptors (Lipinski definition) is 3. The molecule has 3 heteroatoms. The van der Waals surface area contributed by atoms with Crippen molar-refractivity contribution in [3.8, 4) is 0 Å². The molecule has 0 bridgehead atoms. The molecule has 3 nitrogen and oxygen atoms in total. The normalized spacial score (nSPS) is 27.5. The molecule has 98 valence electrons. The van der Waals surface area contributed by atoms with Crippen LogP contribution in [0.15, 0.2) is 12.2 Å². The van der Waals surface area contributed by atoms with E-state index in [1.807, 2.05) is 0 Å². The molecule has 0 spiro atoms. The first-order chi connectivity index (χ1) is 7.82. The SMILES string of the molecule is C=C(C)C(=O)OCOC1CCC(C)(C)CC1C. The summed E-state index contributed by atoms with van der Waals surface area (Å²) in [5.41, 5.74) is 0.819. The maximum absolute atomic E-state index is 11.2. The second kappa shape index (κ2) is 5.67. The van der Waals surface area contributed by atoms with E-state index < -0.39 is 0 Å². The smallest absolute Gasteiger partial charge is 0.335 e. The first-order valence-corrected chi connectivity index (χ1v) is 6.26. The number of carbonyl (C=O) groups excluding carboxylic acids is 1. The van der Waals surface area contributed by atoms with E-state index in [0.29, 0.717) is 16.9 Å². The predicted molar refractivity (Wildman–Crippen MR) is 67.4 cm³/mol. The van der Waals surface area contributed by atoms with Crippen molar-refractivity contribution in [3.05, 3.63) is 12.2 Å².